The maximum absolute atomic E-state index is 14.7. The van der Waals surface area contributed by atoms with Crippen molar-refractivity contribution in [3.8, 4) is 11.1 Å². The summed E-state index contributed by atoms with van der Waals surface area (Å²) in [5.74, 6) is -1.62. The van der Waals surface area contributed by atoms with Crippen LogP contribution in [0.1, 0.15) is 39.2 Å². The second-order valence-electron chi connectivity index (χ2n) is 13.6. The molecule has 0 bridgehead atoms. The van der Waals surface area contributed by atoms with Gasteiger partial charge in [0, 0.05) is 31.4 Å². The first kappa shape index (κ1) is 40.6. The van der Waals surface area contributed by atoms with Crippen molar-refractivity contribution in [1.82, 2.24) is 14.5 Å². The largest absolute Gasteiger partial charge is 0.467 e. The van der Waals surface area contributed by atoms with Gasteiger partial charge >= 0.3 is 12.1 Å². The summed E-state index contributed by atoms with van der Waals surface area (Å²) in [6.45, 7) is 6.80. The molecule has 0 radical (unpaired) electrons. The summed E-state index contributed by atoms with van der Waals surface area (Å²) in [6.07, 6.45) is 0.0419. The Labute approximate surface area is 309 Å². The molecule has 1 N–H and O–H groups in total. The lowest BCUT2D eigenvalue weighted by Gasteiger charge is -2.33. The van der Waals surface area contributed by atoms with E-state index in [-0.39, 0.29) is 24.3 Å². The van der Waals surface area contributed by atoms with Crippen molar-refractivity contribution >= 4 is 28.0 Å². The Morgan fingerprint density at radius 1 is 1.00 bits per heavy atom. The number of rotatable bonds is 15. The number of sulfonamides is 1. The molecule has 0 aromatic heterocycles. The fourth-order valence-corrected chi connectivity index (χ4v) is 7.74. The highest BCUT2D eigenvalue weighted by molar-refractivity contribution is 7.89. The molecular weight excluding hydrogens is 705 g/mol. The lowest BCUT2D eigenvalue weighted by molar-refractivity contribution is -0.521. The maximum Gasteiger partial charge on any atom is 0.408 e. The number of carbonyl (C=O) groups excluding carboxylic acids is 3. The summed E-state index contributed by atoms with van der Waals surface area (Å²) in [4.78, 5) is 53.7. The molecule has 0 saturated carbocycles. The van der Waals surface area contributed by atoms with Crippen molar-refractivity contribution in [2.75, 3.05) is 33.9 Å². The van der Waals surface area contributed by atoms with E-state index in [1.165, 1.54) is 49.5 Å². The number of likely N-dealkylation sites (tertiary alicyclic amines) is 1. The number of nitrogens with one attached hydrogen (secondary N) is 1. The molecule has 4 rings (SSSR count). The Hall–Kier alpha value is -5.12. The standard InChI is InChI=1S/C38H46N4O10S/c1-7-14-30(42(46)47)24-40(53(48,49)31-17-12-9-13-18-31)25-32(39-36(45)52-37(2,3)4)34(43)41-26-38(51-6,23-33(41)35(44)50-5)29-21-19-28(20-22-29)27-15-10-8-11-16-27/h7-13,15-22,30,32-33H,1,14,23-26H2,2-6H3,(H,39,45)/t30-,32?,33-,38-/m0/s1. The fourth-order valence-electron chi connectivity index (χ4n) is 6.23. The molecule has 1 aliphatic heterocycles. The van der Waals surface area contributed by atoms with Gasteiger partial charge in [0.15, 0.2) is 0 Å². The van der Waals surface area contributed by atoms with Crippen molar-refractivity contribution < 1.29 is 41.9 Å². The van der Waals surface area contributed by atoms with Crippen LogP contribution in [0.2, 0.25) is 0 Å². The van der Waals surface area contributed by atoms with E-state index >= 15 is 0 Å². The van der Waals surface area contributed by atoms with Gasteiger partial charge in [0.1, 0.15) is 23.3 Å². The third-order valence-corrected chi connectivity index (χ3v) is 10.7. The zero-order valence-electron chi connectivity index (χ0n) is 30.5. The second-order valence-corrected chi connectivity index (χ2v) is 15.6. The quantitative estimate of drug-likeness (QED) is 0.0986. The number of hydrogen-bond acceptors (Lipinski definition) is 10. The van der Waals surface area contributed by atoms with Crippen LogP contribution < -0.4 is 5.32 Å². The van der Waals surface area contributed by atoms with E-state index in [0.29, 0.717) is 5.56 Å². The van der Waals surface area contributed by atoms with Gasteiger partial charge in [0.25, 0.3) is 0 Å². The van der Waals surface area contributed by atoms with Gasteiger partial charge in [-0.2, -0.15) is 4.31 Å². The monoisotopic (exact) mass is 750 g/mol. The zero-order chi connectivity index (χ0) is 39.0. The van der Waals surface area contributed by atoms with Gasteiger partial charge in [-0.25, -0.2) is 18.0 Å². The van der Waals surface area contributed by atoms with Gasteiger partial charge in [0.05, 0.1) is 25.1 Å². The molecule has 284 valence electrons. The first-order chi connectivity index (χ1) is 25.0. The number of alkyl carbamates (subject to hydrolysis) is 1. The molecule has 3 aromatic rings. The second kappa shape index (κ2) is 17.1. The van der Waals surface area contributed by atoms with Gasteiger partial charge in [-0.3, -0.25) is 14.9 Å². The Kier molecular flexibility index (Phi) is 13.1. The van der Waals surface area contributed by atoms with Gasteiger partial charge < -0.3 is 24.4 Å². The molecule has 2 amide bonds. The van der Waals surface area contributed by atoms with E-state index in [0.717, 1.165) is 15.4 Å². The van der Waals surface area contributed by atoms with Crippen LogP contribution in [0.25, 0.3) is 11.1 Å². The molecule has 4 atom stereocenters. The highest BCUT2D eigenvalue weighted by atomic mass is 32.2. The van der Waals surface area contributed by atoms with E-state index in [1.54, 1.807) is 26.8 Å². The summed E-state index contributed by atoms with van der Waals surface area (Å²) < 4.78 is 45.6. The van der Waals surface area contributed by atoms with Crippen molar-refractivity contribution in [2.24, 2.45) is 0 Å². The normalized spacial score (nSPS) is 18.5. The highest BCUT2D eigenvalue weighted by Gasteiger charge is 2.52. The molecule has 0 spiro atoms. The number of methoxy groups -OCH3 is 2. The molecular formula is C38H46N4O10S. The minimum Gasteiger partial charge on any atom is -0.467 e. The van der Waals surface area contributed by atoms with E-state index < -0.39 is 75.3 Å². The van der Waals surface area contributed by atoms with Crippen molar-refractivity contribution in [1.29, 1.82) is 0 Å². The van der Waals surface area contributed by atoms with Crippen LogP contribution >= 0.6 is 0 Å². The summed E-state index contributed by atoms with van der Waals surface area (Å²) >= 11 is 0. The van der Waals surface area contributed by atoms with Crippen LogP contribution in [0.15, 0.2) is 102 Å². The molecule has 3 aromatic carbocycles. The van der Waals surface area contributed by atoms with Crippen LogP contribution in [0, 0.1) is 10.1 Å². The van der Waals surface area contributed by atoms with E-state index in [2.05, 4.69) is 11.9 Å². The molecule has 53 heavy (non-hydrogen) atoms. The summed E-state index contributed by atoms with van der Waals surface area (Å²) in [6, 6.07) is 20.1. The van der Waals surface area contributed by atoms with Crippen LogP contribution in [-0.4, -0.2) is 98.1 Å². The lowest BCUT2D eigenvalue weighted by atomic mass is 9.89. The maximum atomic E-state index is 14.7. The van der Waals surface area contributed by atoms with Crippen LogP contribution in [0.4, 0.5) is 4.79 Å². The van der Waals surface area contributed by atoms with Crippen LogP contribution in [0.5, 0.6) is 0 Å². The highest BCUT2D eigenvalue weighted by Crippen LogP contribution is 2.40. The number of hydrogen-bond donors (Lipinski definition) is 1. The minimum atomic E-state index is -4.49. The Morgan fingerprint density at radius 3 is 2.11 bits per heavy atom. The molecule has 1 aliphatic rings. The molecule has 15 heteroatoms. The summed E-state index contributed by atoms with van der Waals surface area (Å²) in [5, 5.41) is 14.5. The smallest absolute Gasteiger partial charge is 0.408 e. The number of nitro groups is 1. The van der Waals surface area contributed by atoms with Crippen molar-refractivity contribution in [3.05, 3.63) is 113 Å². The average molecular weight is 751 g/mol. The number of esters is 1. The van der Waals surface area contributed by atoms with Gasteiger partial charge in [-0.05, 0) is 49.6 Å². The predicted octanol–water partition coefficient (Wildman–Crippen LogP) is 4.77. The molecule has 14 nitrogen and oxygen atoms in total. The third-order valence-electron chi connectivity index (χ3n) is 8.90. The van der Waals surface area contributed by atoms with E-state index in [9.17, 15) is 32.9 Å². The molecule has 1 saturated heterocycles. The molecule has 0 aliphatic carbocycles. The van der Waals surface area contributed by atoms with E-state index in [1.807, 2.05) is 54.6 Å². The SMILES string of the molecule is C=CC[C@@H](CN(CC(NC(=O)OC(C)(C)C)C(=O)N1C[C@](OC)(c2ccc(-c3ccccc3)cc2)C[C@H]1C(=O)OC)S(=O)(=O)c1ccccc1)[N+](=O)[O-]. The fraction of sp³-hybridized carbons (Fsp3) is 0.395. The summed E-state index contributed by atoms with van der Waals surface area (Å²) in [5.41, 5.74) is 0.359. The van der Waals surface area contributed by atoms with Crippen LogP contribution in [0.3, 0.4) is 0 Å². The third kappa shape index (κ3) is 9.86. The Morgan fingerprint density at radius 2 is 1.58 bits per heavy atom. The summed E-state index contributed by atoms with van der Waals surface area (Å²) in [7, 11) is -1.86. The molecule has 1 fully saturated rings. The first-order valence-corrected chi connectivity index (χ1v) is 18.4. The number of nitrogens with zero attached hydrogens (tertiary/aromatic N) is 3. The molecule has 1 heterocycles. The number of benzene rings is 3. The molecule has 1 unspecified atom stereocenters. The van der Waals surface area contributed by atoms with Crippen molar-refractivity contribution in [2.45, 2.75) is 67.8 Å². The lowest BCUT2D eigenvalue weighted by Crippen LogP contribution is -2.58. The Bertz CT molecular complexity index is 1870. The van der Waals surface area contributed by atoms with Gasteiger partial charge in [0.2, 0.25) is 22.0 Å². The predicted molar refractivity (Wildman–Crippen MR) is 197 cm³/mol. The Balaban J connectivity index is 1.78. The first-order valence-electron chi connectivity index (χ1n) is 16.9. The van der Waals surface area contributed by atoms with E-state index in [4.69, 9.17) is 14.2 Å². The number of amides is 2. The van der Waals surface area contributed by atoms with Gasteiger partial charge in [-0.1, -0.05) is 78.9 Å². The van der Waals surface area contributed by atoms with Crippen LogP contribution in [-0.2, 0) is 39.4 Å². The minimum absolute atomic E-state index is 0.0273. The zero-order valence-corrected chi connectivity index (χ0v) is 31.3. The number of carbonyl (C=O) groups is 3. The van der Waals surface area contributed by atoms with Gasteiger partial charge in [-0.15, -0.1) is 6.58 Å². The number of ether oxygens (including phenoxy) is 3. The average Bonchev–Trinajstić information content (AvgIpc) is 3.54. The van der Waals surface area contributed by atoms with Crippen molar-refractivity contribution in [3.63, 3.8) is 0 Å². The topological polar surface area (TPSA) is 175 Å².